The second-order valence-corrected chi connectivity index (χ2v) is 7.75. The zero-order valence-electron chi connectivity index (χ0n) is 15.7. The van der Waals surface area contributed by atoms with Crippen LogP contribution in [0.15, 0.2) is 18.2 Å². The van der Waals surface area contributed by atoms with Crippen LogP contribution in [0.1, 0.15) is 37.2 Å². The number of rotatable bonds is 3. The maximum Gasteiger partial charge on any atom is 0.151 e. The molecular weight excluding hydrogens is 358 g/mol. The summed E-state index contributed by atoms with van der Waals surface area (Å²) in [6.07, 6.45) is 0.964. The molecule has 1 aliphatic heterocycles. The van der Waals surface area contributed by atoms with Gasteiger partial charge >= 0.3 is 0 Å². The standard InChI is InChI=1S/C19H26F2N4.ClH/c1-12-15(10-24-8-7-18(22)19(3,4)11-24)13(2)25(23-12)17-6-5-14(20)9-16(17)21;/h5-6,9,18H,7-8,10-11,22H2,1-4H3;1H. The van der Waals surface area contributed by atoms with Crippen LogP contribution < -0.4 is 5.73 Å². The summed E-state index contributed by atoms with van der Waals surface area (Å²) in [6, 6.07) is 3.78. The van der Waals surface area contributed by atoms with Crippen LogP contribution in [0.25, 0.3) is 5.69 Å². The van der Waals surface area contributed by atoms with Crippen LogP contribution in [0.5, 0.6) is 0 Å². The maximum absolute atomic E-state index is 14.1. The van der Waals surface area contributed by atoms with E-state index in [-0.39, 0.29) is 29.6 Å². The van der Waals surface area contributed by atoms with Gasteiger partial charge in [0.25, 0.3) is 0 Å². The van der Waals surface area contributed by atoms with E-state index in [1.54, 1.807) is 4.68 Å². The molecule has 2 heterocycles. The monoisotopic (exact) mass is 384 g/mol. The molecule has 1 unspecified atom stereocenters. The lowest BCUT2D eigenvalue weighted by Gasteiger charge is -2.42. The van der Waals surface area contributed by atoms with Crippen molar-refractivity contribution < 1.29 is 8.78 Å². The molecule has 2 aromatic rings. The van der Waals surface area contributed by atoms with E-state index >= 15 is 0 Å². The Kier molecular flexibility index (Phi) is 6.10. The van der Waals surface area contributed by atoms with Gasteiger partial charge in [-0.1, -0.05) is 13.8 Å². The van der Waals surface area contributed by atoms with Gasteiger partial charge in [0.1, 0.15) is 11.5 Å². The highest BCUT2D eigenvalue weighted by Crippen LogP contribution is 2.30. The zero-order chi connectivity index (χ0) is 18.4. The predicted octanol–water partition coefficient (Wildman–Crippen LogP) is 3.75. The second kappa shape index (κ2) is 7.62. The van der Waals surface area contributed by atoms with Gasteiger partial charge in [-0.3, -0.25) is 4.90 Å². The number of aryl methyl sites for hydroxylation is 1. The fourth-order valence-corrected chi connectivity index (χ4v) is 3.63. The molecule has 26 heavy (non-hydrogen) atoms. The zero-order valence-corrected chi connectivity index (χ0v) is 16.5. The molecule has 0 radical (unpaired) electrons. The van der Waals surface area contributed by atoms with E-state index in [1.165, 1.54) is 12.1 Å². The van der Waals surface area contributed by atoms with Crippen molar-refractivity contribution in [3.05, 3.63) is 46.8 Å². The van der Waals surface area contributed by atoms with Crippen molar-refractivity contribution in [3.8, 4) is 5.69 Å². The number of likely N-dealkylation sites (tertiary alicyclic amines) is 1. The Hall–Kier alpha value is -1.50. The molecule has 1 aromatic carbocycles. The second-order valence-electron chi connectivity index (χ2n) is 7.75. The number of hydrogen-bond donors (Lipinski definition) is 1. The van der Waals surface area contributed by atoms with Crippen molar-refractivity contribution in [2.24, 2.45) is 11.1 Å². The largest absolute Gasteiger partial charge is 0.327 e. The molecule has 0 saturated carbocycles. The summed E-state index contributed by atoms with van der Waals surface area (Å²) in [4.78, 5) is 2.38. The normalized spacial score (nSPS) is 20.0. The molecule has 0 spiro atoms. The van der Waals surface area contributed by atoms with E-state index < -0.39 is 11.6 Å². The van der Waals surface area contributed by atoms with Crippen molar-refractivity contribution in [2.45, 2.75) is 46.7 Å². The first kappa shape index (κ1) is 20.8. The number of nitrogens with zero attached hydrogens (tertiary/aromatic N) is 3. The van der Waals surface area contributed by atoms with Gasteiger partial charge in [0.05, 0.1) is 5.69 Å². The van der Waals surface area contributed by atoms with E-state index in [1.807, 2.05) is 13.8 Å². The summed E-state index contributed by atoms with van der Waals surface area (Å²) >= 11 is 0. The van der Waals surface area contributed by atoms with E-state index in [9.17, 15) is 8.78 Å². The van der Waals surface area contributed by atoms with Crippen LogP contribution in [0.3, 0.4) is 0 Å². The average molecular weight is 385 g/mol. The van der Waals surface area contributed by atoms with E-state index in [2.05, 4.69) is 23.8 Å². The van der Waals surface area contributed by atoms with Crippen LogP contribution in [0.4, 0.5) is 8.78 Å². The Balaban J connectivity index is 0.00000243. The van der Waals surface area contributed by atoms with Gasteiger partial charge in [-0.2, -0.15) is 5.10 Å². The van der Waals surface area contributed by atoms with Gasteiger partial charge in [0.2, 0.25) is 0 Å². The minimum Gasteiger partial charge on any atom is -0.327 e. The SMILES string of the molecule is Cc1nn(-c2ccc(F)cc2F)c(C)c1CN1CCC(N)C(C)(C)C1.Cl. The third kappa shape index (κ3) is 3.92. The van der Waals surface area contributed by atoms with Gasteiger partial charge in [0, 0.05) is 43.0 Å². The number of nitrogens with two attached hydrogens (primary N) is 1. The Bertz CT molecular complexity index is 788. The van der Waals surface area contributed by atoms with Crippen LogP contribution in [-0.2, 0) is 6.54 Å². The lowest BCUT2D eigenvalue weighted by Crippen LogP contribution is -2.52. The number of hydrogen-bond acceptors (Lipinski definition) is 3. The molecule has 0 amide bonds. The third-order valence-electron chi connectivity index (χ3n) is 5.35. The molecule has 3 rings (SSSR count). The molecule has 4 nitrogen and oxygen atoms in total. The van der Waals surface area contributed by atoms with Crippen LogP contribution in [0, 0.1) is 30.9 Å². The highest BCUT2D eigenvalue weighted by molar-refractivity contribution is 5.85. The molecule has 1 saturated heterocycles. The predicted molar refractivity (Wildman–Crippen MR) is 102 cm³/mol. The smallest absolute Gasteiger partial charge is 0.151 e. The Morgan fingerprint density at radius 3 is 2.58 bits per heavy atom. The topological polar surface area (TPSA) is 47.1 Å². The molecule has 144 valence electrons. The van der Waals surface area contributed by atoms with Crippen LogP contribution in [0.2, 0.25) is 0 Å². The maximum atomic E-state index is 14.1. The average Bonchev–Trinajstić information content (AvgIpc) is 2.79. The minimum absolute atomic E-state index is 0. The molecule has 1 aromatic heterocycles. The fraction of sp³-hybridized carbons (Fsp3) is 0.526. The van der Waals surface area contributed by atoms with Gasteiger partial charge in [-0.25, -0.2) is 13.5 Å². The minimum atomic E-state index is -0.609. The van der Waals surface area contributed by atoms with Gasteiger partial charge < -0.3 is 5.73 Å². The summed E-state index contributed by atoms with van der Waals surface area (Å²) in [5.74, 6) is -1.20. The third-order valence-corrected chi connectivity index (χ3v) is 5.35. The number of benzene rings is 1. The fourth-order valence-electron chi connectivity index (χ4n) is 3.63. The first-order valence-corrected chi connectivity index (χ1v) is 8.67. The Labute approximate surface area is 159 Å². The van der Waals surface area contributed by atoms with Crippen molar-refractivity contribution in [2.75, 3.05) is 13.1 Å². The summed E-state index contributed by atoms with van der Waals surface area (Å²) in [5, 5.41) is 4.49. The van der Waals surface area contributed by atoms with Crippen molar-refractivity contribution in [3.63, 3.8) is 0 Å². The molecule has 0 bridgehead atoms. The summed E-state index contributed by atoms with van der Waals surface area (Å²) in [5.41, 5.74) is 9.41. The number of halogens is 3. The lowest BCUT2D eigenvalue weighted by atomic mass is 9.79. The summed E-state index contributed by atoms with van der Waals surface area (Å²) < 4.78 is 28.9. The van der Waals surface area contributed by atoms with E-state index in [0.29, 0.717) is 0 Å². The number of aromatic nitrogens is 2. The quantitative estimate of drug-likeness (QED) is 0.876. The highest BCUT2D eigenvalue weighted by Gasteiger charge is 2.33. The first-order chi connectivity index (χ1) is 11.7. The van der Waals surface area contributed by atoms with Crippen molar-refractivity contribution >= 4 is 12.4 Å². The molecule has 1 atom stereocenters. The number of piperidine rings is 1. The molecule has 0 aliphatic carbocycles. The highest BCUT2D eigenvalue weighted by atomic mass is 35.5. The van der Waals surface area contributed by atoms with Gasteiger partial charge in [-0.15, -0.1) is 12.4 Å². The van der Waals surface area contributed by atoms with E-state index in [4.69, 9.17) is 5.73 Å². The summed E-state index contributed by atoms with van der Waals surface area (Å²) in [7, 11) is 0. The van der Waals surface area contributed by atoms with Gasteiger partial charge in [-0.05, 0) is 37.8 Å². The molecular formula is C19H27ClF2N4. The lowest BCUT2D eigenvalue weighted by molar-refractivity contribution is 0.0896. The molecule has 2 N–H and O–H groups in total. The van der Waals surface area contributed by atoms with Crippen molar-refractivity contribution in [1.82, 2.24) is 14.7 Å². The van der Waals surface area contributed by atoms with E-state index in [0.717, 1.165) is 49.1 Å². The molecule has 1 aliphatic rings. The Morgan fingerprint density at radius 2 is 1.96 bits per heavy atom. The van der Waals surface area contributed by atoms with Crippen molar-refractivity contribution in [1.29, 1.82) is 0 Å². The Morgan fingerprint density at radius 1 is 1.27 bits per heavy atom. The molecule has 7 heteroatoms. The van der Waals surface area contributed by atoms with Gasteiger partial charge in [0.15, 0.2) is 5.82 Å². The van der Waals surface area contributed by atoms with Crippen LogP contribution in [-0.4, -0.2) is 33.8 Å². The van der Waals surface area contributed by atoms with Crippen LogP contribution >= 0.6 is 12.4 Å². The summed E-state index contributed by atoms with van der Waals surface area (Å²) in [6.45, 7) is 10.9. The molecule has 1 fully saturated rings. The first-order valence-electron chi connectivity index (χ1n) is 8.67.